The van der Waals surface area contributed by atoms with Crippen molar-refractivity contribution >= 4 is 27.5 Å². The van der Waals surface area contributed by atoms with E-state index < -0.39 is 0 Å². The van der Waals surface area contributed by atoms with Crippen molar-refractivity contribution in [3.8, 4) is 0 Å². The van der Waals surface area contributed by atoms with Crippen molar-refractivity contribution in [1.29, 1.82) is 0 Å². The summed E-state index contributed by atoms with van der Waals surface area (Å²) in [6.45, 7) is 0.601. The summed E-state index contributed by atoms with van der Waals surface area (Å²) < 4.78 is 13.2. The second-order valence-electron chi connectivity index (χ2n) is 7.16. The molecule has 1 amide bonds. The normalized spacial score (nSPS) is 19.0. The molecule has 1 atom stereocenters. The zero-order chi connectivity index (χ0) is 18.5. The molecule has 1 fully saturated rings. The van der Waals surface area contributed by atoms with Crippen molar-refractivity contribution in [1.82, 2.24) is 14.9 Å². The highest BCUT2D eigenvalue weighted by atomic mass is 32.1. The Kier molecular flexibility index (Phi) is 3.86. The minimum absolute atomic E-state index is 0.0986. The monoisotopic (exact) mass is 383 g/mol. The second-order valence-corrected chi connectivity index (χ2v) is 8.24. The fraction of sp³-hybridized carbons (Fsp3) is 0.350. The van der Waals surface area contributed by atoms with Crippen LogP contribution in [0.5, 0.6) is 0 Å². The van der Waals surface area contributed by atoms with Gasteiger partial charge in [-0.15, -0.1) is 11.3 Å². The molecule has 7 heteroatoms. The summed E-state index contributed by atoms with van der Waals surface area (Å²) in [5.41, 5.74) is 1.79. The summed E-state index contributed by atoms with van der Waals surface area (Å²) in [5.74, 6) is -0.465. The van der Waals surface area contributed by atoms with Gasteiger partial charge in [-0.1, -0.05) is 12.1 Å². The molecule has 138 valence electrons. The van der Waals surface area contributed by atoms with E-state index in [1.807, 2.05) is 0 Å². The van der Waals surface area contributed by atoms with Gasteiger partial charge in [-0.2, -0.15) is 0 Å². The lowest BCUT2D eigenvalue weighted by Gasteiger charge is -2.24. The van der Waals surface area contributed by atoms with Crippen LogP contribution in [0.2, 0.25) is 0 Å². The van der Waals surface area contributed by atoms with Crippen LogP contribution in [-0.2, 0) is 12.8 Å². The van der Waals surface area contributed by atoms with Crippen molar-refractivity contribution < 1.29 is 9.18 Å². The van der Waals surface area contributed by atoms with E-state index in [-0.39, 0.29) is 29.1 Å². The molecular weight excluding hydrogens is 365 g/mol. The van der Waals surface area contributed by atoms with E-state index in [9.17, 15) is 14.0 Å². The van der Waals surface area contributed by atoms with Gasteiger partial charge >= 0.3 is 0 Å². The fourth-order valence-corrected chi connectivity index (χ4v) is 5.54. The maximum atomic E-state index is 13.2. The molecule has 5 nitrogen and oxygen atoms in total. The van der Waals surface area contributed by atoms with Crippen LogP contribution < -0.4 is 5.56 Å². The average Bonchev–Trinajstić information content (AvgIpc) is 3.36. The number of thiophene rings is 1. The number of hydrogen-bond donors (Lipinski definition) is 1. The van der Waals surface area contributed by atoms with Crippen molar-refractivity contribution in [2.24, 2.45) is 0 Å². The van der Waals surface area contributed by atoms with Crippen LogP contribution in [0.3, 0.4) is 0 Å². The van der Waals surface area contributed by atoms with Crippen LogP contribution in [-0.4, -0.2) is 27.3 Å². The molecular formula is C20H18FN3O2S. The minimum atomic E-state index is -0.295. The summed E-state index contributed by atoms with van der Waals surface area (Å²) in [4.78, 5) is 36.5. The molecule has 1 aromatic carbocycles. The van der Waals surface area contributed by atoms with Crippen molar-refractivity contribution in [2.45, 2.75) is 38.1 Å². The van der Waals surface area contributed by atoms with E-state index in [2.05, 4.69) is 9.97 Å². The lowest BCUT2D eigenvalue weighted by Crippen LogP contribution is -2.33. The minimum Gasteiger partial charge on any atom is -0.329 e. The molecule has 1 saturated heterocycles. The highest BCUT2D eigenvalue weighted by Gasteiger charge is 2.32. The van der Waals surface area contributed by atoms with Crippen molar-refractivity contribution in [2.75, 3.05) is 6.54 Å². The summed E-state index contributed by atoms with van der Waals surface area (Å²) >= 11 is 1.53. The van der Waals surface area contributed by atoms with Crippen LogP contribution in [0, 0.1) is 5.82 Å². The van der Waals surface area contributed by atoms with Crippen molar-refractivity contribution in [3.63, 3.8) is 0 Å². The van der Waals surface area contributed by atoms with Gasteiger partial charge in [-0.25, -0.2) is 9.37 Å². The van der Waals surface area contributed by atoms with E-state index in [0.717, 1.165) is 43.2 Å². The lowest BCUT2D eigenvalue weighted by molar-refractivity contribution is 0.0723. The van der Waals surface area contributed by atoms with Crippen LogP contribution in [0.1, 0.15) is 51.9 Å². The highest BCUT2D eigenvalue weighted by molar-refractivity contribution is 7.18. The first kappa shape index (κ1) is 16.6. The Hall–Kier alpha value is -2.54. The zero-order valence-electron chi connectivity index (χ0n) is 14.6. The molecule has 3 heterocycles. The lowest BCUT2D eigenvalue weighted by atomic mass is 10.0. The Morgan fingerprint density at radius 2 is 2.04 bits per heavy atom. The van der Waals surface area contributed by atoms with Crippen LogP contribution in [0.25, 0.3) is 10.2 Å². The molecule has 1 unspecified atom stereocenters. The number of rotatable bonds is 2. The number of benzene rings is 1. The molecule has 1 N–H and O–H groups in total. The van der Waals surface area contributed by atoms with E-state index in [0.29, 0.717) is 16.8 Å². The number of hydrogen-bond acceptors (Lipinski definition) is 4. The fourth-order valence-electron chi connectivity index (χ4n) is 4.28. The molecule has 1 aliphatic carbocycles. The predicted octanol–water partition coefficient (Wildman–Crippen LogP) is 3.59. The van der Waals surface area contributed by atoms with E-state index in [4.69, 9.17) is 0 Å². The maximum Gasteiger partial charge on any atom is 0.290 e. The number of carbonyl (C=O) groups is 1. The third-order valence-electron chi connectivity index (χ3n) is 5.55. The van der Waals surface area contributed by atoms with Gasteiger partial charge < -0.3 is 9.88 Å². The Morgan fingerprint density at radius 1 is 1.22 bits per heavy atom. The molecule has 27 heavy (non-hydrogen) atoms. The first-order valence-corrected chi connectivity index (χ1v) is 10.0. The molecule has 0 radical (unpaired) electrons. The third kappa shape index (κ3) is 2.68. The zero-order valence-corrected chi connectivity index (χ0v) is 15.4. The summed E-state index contributed by atoms with van der Waals surface area (Å²) in [7, 11) is 0. The summed E-state index contributed by atoms with van der Waals surface area (Å²) in [5, 5.41) is 0.653. The smallest absolute Gasteiger partial charge is 0.290 e. The van der Waals surface area contributed by atoms with Gasteiger partial charge in [0.05, 0.1) is 11.4 Å². The van der Waals surface area contributed by atoms with E-state index >= 15 is 0 Å². The highest BCUT2D eigenvalue weighted by Crippen LogP contribution is 2.35. The number of nitrogens with zero attached hydrogens (tertiary/aromatic N) is 2. The van der Waals surface area contributed by atoms with E-state index in [1.54, 1.807) is 17.0 Å². The number of fused-ring (bicyclic) bond motifs is 3. The largest absolute Gasteiger partial charge is 0.329 e. The molecule has 0 bridgehead atoms. The molecule has 1 aliphatic heterocycles. The Labute approximate surface area is 158 Å². The molecule has 2 aliphatic rings. The number of amides is 1. The Morgan fingerprint density at radius 3 is 2.85 bits per heavy atom. The third-order valence-corrected chi connectivity index (χ3v) is 6.73. The van der Waals surface area contributed by atoms with Gasteiger partial charge in [0.2, 0.25) is 5.82 Å². The summed E-state index contributed by atoms with van der Waals surface area (Å²) in [6.07, 6.45) is 4.65. The molecule has 2 aromatic heterocycles. The number of H-pyrrole nitrogens is 1. The van der Waals surface area contributed by atoms with Gasteiger partial charge in [0.1, 0.15) is 10.6 Å². The number of likely N-dealkylation sites (tertiary alicyclic amines) is 1. The van der Waals surface area contributed by atoms with Crippen LogP contribution in [0.15, 0.2) is 29.1 Å². The molecule has 0 saturated carbocycles. The topological polar surface area (TPSA) is 66.1 Å². The Balaban J connectivity index is 1.51. The number of halogens is 1. The van der Waals surface area contributed by atoms with Gasteiger partial charge in [-0.05, 0) is 55.4 Å². The predicted molar refractivity (Wildman–Crippen MR) is 102 cm³/mol. The van der Waals surface area contributed by atoms with Crippen LogP contribution >= 0.6 is 11.3 Å². The number of aromatic nitrogens is 2. The first-order chi connectivity index (χ1) is 13.1. The number of aromatic amines is 1. The van der Waals surface area contributed by atoms with Gasteiger partial charge in [0.25, 0.3) is 11.5 Å². The number of nitrogens with one attached hydrogen (secondary N) is 1. The van der Waals surface area contributed by atoms with Crippen LogP contribution in [0.4, 0.5) is 4.39 Å². The van der Waals surface area contributed by atoms with E-state index in [1.165, 1.54) is 28.3 Å². The molecule has 3 aromatic rings. The average molecular weight is 383 g/mol. The molecule has 5 rings (SSSR count). The standard InChI is InChI=1S/C20H18FN3O2S/c21-12-8-6-11(7-9-12)14-4-2-10-24(14)20(26)17-22-18(25)16-13-3-1-5-15(13)27-19(16)23-17/h6-9,14H,1-5,10H2,(H,22,23,25). The SMILES string of the molecule is O=C(c1nc2sc3c(c2c(=O)[nH]1)CCC3)N1CCCC1c1ccc(F)cc1. The van der Waals surface area contributed by atoms with Crippen molar-refractivity contribution in [3.05, 3.63) is 62.3 Å². The number of aryl methyl sites for hydroxylation is 2. The van der Waals surface area contributed by atoms with Gasteiger partial charge in [0.15, 0.2) is 0 Å². The second kappa shape index (κ2) is 6.27. The van der Waals surface area contributed by atoms with Gasteiger partial charge in [-0.3, -0.25) is 9.59 Å². The maximum absolute atomic E-state index is 13.2. The van der Waals surface area contributed by atoms with Gasteiger partial charge in [0, 0.05) is 11.4 Å². The quantitative estimate of drug-likeness (QED) is 0.735. The molecule has 0 spiro atoms. The first-order valence-electron chi connectivity index (χ1n) is 9.23. The Bertz CT molecular complexity index is 1100. The number of carbonyl (C=O) groups excluding carboxylic acids is 1. The summed E-state index contributed by atoms with van der Waals surface area (Å²) in [6, 6.07) is 6.14.